The fourth-order valence-corrected chi connectivity index (χ4v) is 2.97. The minimum atomic E-state index is -4.36. The third-order valence-corrected chi connectivity index (χ3v) is 4.28. The molecule has 1 aromatic rings. The van der Waals surface area contributed by atoms with Crippen LogP contribution in [0, 0.1) is 6.92 Å². The zero-order valence-electron chi connectivity index (χ0n) is 10.9. The molecule has 0 heterocycles. The summed E-state index contributed by atoms with van der Waals surface area (Å²) in [6.07, 6.45) is -0.00872. The van der Waals surface area contributed by atoms with Crippen molar-refractivity contribution in [2.24, 2.45) is 0 Å². The lowest BCUT2D eigenvalue weighted by Gasteiger charge is -2.22. The number of benzene rings is 1. The zero-order valence-corrected chi connectivity index (χ0v) is 11.7. The third-order valence-electron chi connectivity index (χ3n) is 2.93. The van der Waals surface area contributed by atoms with E-state index < -0.39 is 19.2 Å². The van der Waals surface area contributed by atoms with Crippen molar-refractivity contribution in [1.29, 1.82) is 0 Å². The van der Waals surface area contributed by atoms with Crippen molar-refractivity contribution in [2.75, 3.05) is 6.54 Å². The number of hydroxylamine groups is 2. The fraction of sp³-hybridized carbons (Fsp3) is 0.417. The second kappa shape index (κ2) is 6.30. The Labute approximate surface area is 111 Å². The first-order chi connectivity index (χ1) is 8.73. The van der Waals surface area contributed by atoms with E-state index in [0.29, 0.717) is 10.6 Å². The molecule has 0 saturated heterocycles. The Morgan fingerprint density at radius 3 is 2.42 bits per heavy atom. The molecule has 0 radical (unpaired) electrons. The van der Waals surface area contributed by atoms with Gasteiger partial charge in [-0.05, 0) is 24.5 Å². The smallest absolute Gasteiger partial charge is 0.324 e. The fourth-order valence-electron chi connectivity index (χ4n) is 1.87. The summed E-state index contributed by atoms with van der Waals surface area (Å²) in [6.45, 7) is 2.82. The summed E-state index contributed by atoms with van der Waals surface area (Å²) in [4.78, 5) is 29.8. The summed E-state index contributed by atoms with van der Waals surface area (Å²) in [5.74, 6) is -0.561. The van der Waals surface area contributed by atoms with Gasteiger partial charge in [0.15, 0.2) is 0 Å². The quantitative estimate of drug-likeness (QED) is 0.436. The number of hydrogen-bond donors (Lipinski definition) is 3. The maximum absolute atomic E-state index is 11.6. The lowest BCUT2D eigenvalue weighted by molar-refractivity contribution is -0.162. The van der Waals surface area contributed by atoms with Crippen LogP contribution in [0.2, 0.25) is 0 Å². The Morgan fingerprint density at radius 1 is 1.37 bits per heavy atom. The standard InChI is InChI=1S/C12H18NO5P/c1-9-5-3-4-6-11(9)12(19(16,17)18)7-8-13(15)10(2)14/h3-6,12,15H,7-8H2,1-2H3,(H2,16,17,18). The van der Waals surface area contributed by atoms with Gasteiger partial charge in [-0.2, -0.15) is 0 Å². The molecular formula is C12H18NO5P. The highest BCUT2D eigenvalue weighted by Crippen LogP contribution is 2.54. The number of carbonyl (C=O) groups is 1. The lowest BCUT2D eigenvalue weighted by atomic mass is 10.0. The average molecular weight is 287 g/mol. The Balaban J connectivity index is 2.95. The van der Waals surface area contributed by atoms with Crippen LogP contribution < -0.4 is 0 Å². The van der Waals surface area contributed by atoms with E-state index in [2.05, 4.69) is 0 Å². The van der Waals surface area contributed by atoms with Crippen LogP contribution >= 0.6 is 7.60 Å². The first-order valence-corrected chi connectivity index (χ1v) is 7.49. The molecule has 7 heteroatoms. The summed E-state index contributed by atoms with van der Waals surface area (Å²) in [7, 11) is -4.36. The van der Waals surface area contributed by atoms with Crippen LogP contribution in [-0.4, -0.2) is 32.5 Å². The Hall–Kier alpha value is -1.20. The Morgan fingerprint density at radius 2 is 1.95 bits per heavy atom. The predicted molar refractivity (Wildman–Crippen MR) is 69.8 cm³/mol. The van der Waals surface area contributed by atoms with Gasteiger partial charge in [0.25, 0.3) is 0 Å². The van der Waals surface area contributed by atoms with Crippen molar-refractivity contribution in [3.8, 4) is 0 Å². The van der Waals surface area contributed by atoms with Crippen molar-refractivity contribution in [2.45, 2.75) is 25.9 Å². The van der Waals surface area contributed by atoms with Gasteiger partial charge in [0.05, 0.1) is 5.66 Å². The first kappa shape index (κ1) is 15.9. The topological polar surface area (TPSA) is 98.1 Å². The van der Waals surface area contributed by atoms with Gasteiger partial charge >= 0.3 is 7.60 Å². The molecule has 0 bridgehead atoms. The SMILES string of the molecule is CC(=O)N(O)CCC(c1ccccc1C)P(=O)(O)O. The summed E-state index contributed by atoms with van der Waals surface area (Å²) in [6, 6.07) is 6.89. The number of amides is 1. The van der Waals surface area contributed by atoms with Gasteiger partial charge in [-0.3, -0.25) is 14.6 Å². The molecule has 106 valence electrons. The van der Waals surface area contributed by atoms with Gasteiger partial charge < -0.3 is 9.79 Å². The Bertz CT molecular complexity index is 499. The van der Waals surface area contributed by atoms with Crippen molar-refractivity contribution in [3.05, 3.63) is 35.4 Å². The monoisotopic (exact) mass is 287 g/mol. The molecule has 6 nitrogen and oxygen atoms in total. The van der Waals surface area contributed by atoms with Gasteiger partial charge in [0.2, 0.25) is 5.91 Å². The van der Waals surface area contributed by atoms with Crippen molar-refractivity contribution in [1.82, 2.24) is 5.06 Å². The van der Waals surface area contributed by atoms with Crippen LogP contribution in [0.25, 0.3) is 0 Å². The summed E-state index contributed by atoms with van der Waals surface area (Å²) in [5, 5.41) is 9.75. The van der Waals surface area contributed by atoms with E-state index in [0.717, 1.165) is 5.56 Å². The zero-order chi connectivity index (χ0) is 14.6. The normalized spacial score (nSPS) is 13.1. The van der Waals surface area contributed by atoms with Crippen LogP contribution in [0.15, 0.2) is 24.3 Å². The van der Waals surface area contributed by atoms with Gasteiger partial charge in [0.1, 0.15) is 0 Å². The molecular weight excluding hydrogens is 269 g/mol. The number of nitrogens with zero attached hydrogens (tertiary/aromatic N) is 1. The van der Waals surface area contributed by atoms with Crippen molar-refractivity contribution < 1.29 is 24.4 Å². The highest BCUT2D eigenvalue weighted by molar-refractivity contribution is 7.52. The van der Waals surface area contributed by atoms with E-state index in [1.807, 2.05) is 0 Å². The highest BCUT2D eigenvalue weighted by atomic mass is 31.2. The maximum atomic E-state index is 11.6. The van der Waals surface area contributed by atoms with Crippen LogP contribution in [-0.2, 0) is 9.36 Å². The van der Waals surface area contributed by atoms with Crippen LogP contribution in [0.5, 0.6) is 0 Å². The van der Waals surface area contributed by atoms with E-state index in [1.54, 1.807) is 31.2 Å². The molecule has 0 spiro atoms. The van der Waals surface area contributed by atoms with Crippen LogP contribution in [0.4, 0.5) is 0 Å². The van der Waals surface area contributed by atoms with E-state index in [9.17, 15) is 24.4 Å². The molecule has 3 N–H and O–H groups in total. The van der Waals surface area contributed by atoms with Crippen LogP contribution in [0.3, 0.4) is 0 Å². The molecule has 0 aliphatic rings. The van der Waals surface area contributed by atoms with E-state index in [4.69, 9.17) is 0 Å². The van der Waals surface area contributed by atoms with E-state index in [1.165, 1.54) is 6.92 Å². The van der Waals surface area contributed by atoms with Crippen LogP contribution in [0.1, 0.15) is 30.1 Å². The van der Waals surface area contributed by atoms with E-state index >= 15 is 0 Å². The average Bonchev–Trinajstić information content (AvgIpc) is 2.29. The largest absolute Gasteiger partial charge is 0.333 e. The second-order valence-corrected chi connectivity index (χ2v) is 6.19. The summed E-state index contributed by atoms with van der Waals surface area (Å²) in [5.41, 5.74) is 0.277. The lowest BCUT2D eigenvalue weighted by Crippen LogP contribution is -2.26. The minimum Gasteiger partial charge on any atom is -0.324 e. The number of carbonyl (C=O) groups excluding carboxylic acids is 1. The molecule has 0 aliphatic carbocycles. The summed E-state index contributed by atoms with van der Waals surface area (Å²) >= 11 is 0. The van der Waals surface area contributed by atoms with Gasteiger partial charge in [-0.1, -0.05) is 24.3 Å². The Kier molecular flexibility index (Phi) is 5.26. The van der Waals surface area contributed by atoms with Crippen molar-refractivity contribution >= 4 is 13.5 Å². The molecule has 1 amide bonds. The molecule has 1 aromatic carbocycles. The van der Waals surface area contributed by atoms with E-state index in [-0.39, 0.29) is 13.0 Å². The molecule has 19 heavy (non-hydrogen) atoms. The summed E-state index contributed by atoms with van der Waals surface area (Å²) < 4.78 is 11.6. The minimum absolute atomic E-state index is 0.00872. The number of rotatable bonds is 5. The highest BCUT2D eigenvalue weighted by Gasteiger charge is 2.31. The predicted octanol–water partition coefficient (Wildman–Crippen LogP) is 1.84. The molecule has 0 aliphatic heterocycles. The molecule has 0 saturated carbocycles. The maximum Gasteiger partial charge on any atom is 0.333 e. The van der Waals surface area contributed by atoms with Gasteiger partial charge in [-0.15, -0.1) is 0 Å². The van der Waals surface area contributed by atoms with Crippen molar-refractivity contribution in [3.63, 3.8) is 0 Å². The molecule has 1 rings (SSSR count). The molecule has 1 atom stereocenters. The first-order valence-electron chi connectivity index (χ1n) is 5.81. The second-order valence-electron chi connectivity index (χ2n) is 4.39. The molecule has 0 fully saturated rings. The molecule has 1 unspecified atom stereocenters. The van der Waals surface area contributed by atoms with Gasteiger partial charge in [0, 0.05) is 13.5 Å². The number of aryl methyl sites for hydroxylation is 1. The van der Waals surface area contributed by atoms with Gasteiger partial charge in [-0.25, -0.2) is 5.06 Å². The third kappa shape index (κ3) is 4.44. The molecule has 0 aromatic heterocycles. The number of hydrogen-bond acceptors (Lipinski definition) is 3.